The molecule has 0 aromatic heterocycles. The zero-order valence-electron chi connectivity index (χ0n) is 19.6. The van der Waals surface area contributed by atoms with Gasteiger partial charge in [0.05, 0.1) is 38.1 Å². The molecule has 2 heterocycles. The van der Waals surface area contributed by atoms with Gasteiger partial charge in [-0.1, -0.05) is 41.4 Å². The van der Waals surface area contributed by atoms with Crippen molar-refractivity contribution in [2.24, 2.45) is 5.10 Å². The minimum Gasteiger partial charge on any atom is -0.493 e. The highest BCUT2D eigenvalue weighted by Gasteiger charge is 2.44. The average Bonchev–Trinajstić information content (AvgIpc) is 3.32. The highest BCUT2D eigenvalue weighted by molar-refractivity contribution is 6.37. The molecule has 3 aromatic rings. The number of hydrazone groups is 1. The van der Waals surface area contributed by atoms with E-state index in [0.717, 1.165) is 16.8 Å². The Kier molecular flexibility index (Phi) is 6.32. The summed E-state index contributed by atoms with van der Waals surface area (Å²) < 4.78 is 22.8. The molecule has 0 saturated heterocycles. The molecule has 10 heteroatoms. The van der Waals surface area contributed by atoms with Crippen LogP contribution in [0.15, 0.2) is 53.6 Å². The van der Waals surface area contributed by atoms with E-state index in [4.69, 9.17) is 47.3 Å². The van der Waals surface area contributed by atoms with E-state index in [1.807, 2.05) is 18.2 Å². The summed E-state index contributed by atoms with van der Waals surface area (Å²) in [6.45, 7) is 0. The van der Waals surface area contributed by atoms with Gasteiger partial charge in [0.15, 0.2) is 23.0 Å². The van der Waals surface area contributed by atoms with Crippen LogP contribution < -0.4 is 18.9 Å². The largest absolute Gasteiger partial charge is 0.493 e. The van der Waals surface area contributed by atoms with Crippen LogP contribution in [-0.4, -0.2) is 43.1 Å². The van der Waals surface area contributed by atoms with Crippen LogP contribution in [0.2, 0.25) is 10.0 Å². The van der Waals surface area contributed by atoms with Gasteiger partial charge in [0.25, 0.3) is 0 Å². The van der Waals surface area contributed by atoms with Crippen molar-refractivity contribution in [2.45, 2.75) is 18.7 Å². The molecular formula is C26H22Cl2N2O6. The van der Waals surface area contributed by atoms with Crippen molar-refractivity contribution in [1.82, 2.24) is 5.01 Å². The number of para-hydroxylation sites is 1. The van der Waals surface area contributed by atoms with Crippen LogP contribution in [0.3, 0.4) is 0 Å². The number of carbonyl (C=O) groups is 1. The van der Waals surface area contributed by atoms with Crippen LogP contribution in [0.4, 0.5) is 0 Å². The van der Waals surface area contributed by atoms with Crippen LogP contribution in [-0.2, 0) is 0 Å². The number of ether oxygens (including phenoxy) is 4. The summed E-state index contributed by atoms with van der Waals surface area (Å²) in [6, 6.07) is 13.9. The molecule has 8 nitrogen and oxygen atoms in total. The molecule has 1 N–H and O–H groups in total. The van der Waals surface area contributed by atoms with Crippen LogP contribution in [0, 0.1) is 0 Å². The second-order valence-electron chi connectivity index (χ2n) is 8.19. The summed E-state index contributed by atoms with van der Waals surface area (Å²) in [5.74, 6) is 0.263. The molecule has 2 aliphatic rings. The molecule has 36 heavy (non-hydrogen) atoms. The van der Waals surface area contributed by atoms with Gasteiger partial charge in [0, 0.05) is 28.1 Å². The summed E-state index contributed by atoms with van der Waals surface area (Å²) >= 11 is 12.6. The van der Waals surface area contributed by atoms with E-state index in [1.54, 1.807) is 42.5 Å². The van der Waals surface area contributed by atoms with Gasteiger partial charge in [0.1, 0.15) is 5.56 Å². The molecular weight excluding hydrogens is 507 g/mol. The Morgan fingerprint density at radius 3 is 2.47 bits per heavy atom. The summed E-state index contributed by atoms with van der Waals surface area (Å²) in [5, 5.41) is 17.8. The second-order valence-corrected chi connectivity index (χ2v) is 9.03. The van der Waals surface area contributed by atoms with Crippen molar-refractivity contribution < 1.29 is 28.8 Å². The number of carboxylic acids is 1. The average molecular weight is 529 g/mol. The standard InChI is InChI=1S/C26H22Cl2N2O6/c1-33-20-6-4-5-15-19-12-18(14-8-7-13(27)11-17(14)28)29-30(19)25(36-23(15)20)16-9-10-21(34-2)24(35-3)22(16)26(31)32/h4-11,19,25H,12H2,1-3H3,(H,31,32)/t19-,25+/m1/s1. The molecule has 5 rings (SSSR count). The number of rotatable bonds is 6. The number of fused-ring (bicyclic) bond motifs is 3. The molecule has 186 valence electrons. The van der Waals surface area contributed by atoms with E-state index in [9.17, 15) is 9.90 Å². The molecule has 0 unspecified atom stereocenters. The first-order chi connectivity index (χ1) is 17.4. The molecule has 2 atom stereocenters. The number of hydrogen-bond acceptors (Lipinski definition) is 7. The first-order valence-electron chi connectivity index (χ1n) is 11.0. The highest BCUT2D eigenvalue weighted by atomic mass is 35.5. The van der Waals surface area contributed by atoms with E-state index in [0.29, 0.717) is 39.3 Å². The molecule has 0 amide bonds. The molecule has 0 saturated carbocycles. The lowest BCUT2D eigenvalue weighted by molar-refractivity contribution is -0.0217. The lowest BCUT2D eigenvalue weighted by Crippen LogP contribution is -2.35. The molecule has 3 aromatic carbocycles. The topological polar surface area (TPSA) is 89.8 Å². The van der Waals surface area contributed by atoms with E-state index < -0.39 is 12.2 Å². The maximum atomic E-state index is 12.4. The first kappa shape index (κ1) is 24.1. The molecule has 2 aliphatic heterocycles. The second kappa shape index (κ2) is 9.44. The Morgan fingerprint density at radius 1 is 1.03 bits per heavy atom. The molecule has 0 aliphatic carbocycles. The van der Waals surface area contributed by atoms with E-state index in [-0.39, 0.29) is 17.4 Å². The van der Waals surface area contributed by atoms with Gasteiger partial charge in [-0.05, 0) is 30.3 Å². The van der Waals surface area contributed by atoms with Gasteiger partial charge in [-0.25, -0.2) is 9.80 Å². The normalized spacial score (nSPS) is 18.0. The summed E-state index contributed by atoms with van der Waals surface area (Å²) in [6.07, 6.45) is -0.384. The summed E-state index contributed by atoms with van der Waals surface area (Å²) in [7, 11) is 4.40. The number of carboxylic acid groups (broad SMARTS) is 1. The Balaban J connectivity index is 1.71. The third kappa shape index (κ3) is 3.86. The van der Waals surface area contributed by atoms with Gasteiger partial charge < -0.3 is 24.1 Å². The lowest BCUT2D eigenvalue weighted by atomic mass is 9.94. The number of methoxy groups -OCH3 is 3. The van der Waals surface area contributed by atoms with Crippen molar-refractivity contribution in [3.05, 3.63) is 80.8 Å². The van der Waals surface area contributed by atoms with E-state index in [2.05, 4.69) is 0 Å². The zero-order valence-corrected chi connectivity index (χ0v) is 21.1. The summed E-state index contributed by atoms with van der Waals surface area (Å²) in [5.41, 5.74) is 2.61. The third-order valence-electron chi connectivity index (χ3n) is 6.30. The van der Waals surface area contributed by atoms with Crippen molar-refractivity contribution in [3.63, 3.8) is 0 Å². The predicted octanol–water partition coefficient (Wildman–Crippen LogP) is 5.96. The van der Waals surface area contributed by atoms with Crippen molar-refractivity contribution in [2.75, 3.05) is 21.3 Å². The Morgan fingerprint density at radius 2 is 1.81 bits per heavy atom. The van der Waals surface area contributed by atoms with Gasteiger partial charge in [-0.3, -0.25) is 0 Å². The van der Waals surface area contributed by atoms with Crippen LogP contribution in [0.25, 0.3) is 0 Å². The van der Waals surface area contributed by atoms with Crippen molar-refractivity contribution >= 4 is 34.9 Å². The Bertz CT molecular complexity index is 1390. The SMILES string of the molecule is COc1cccc2c1O[C@@H](c1ccc(OC)c(OC)c1C(=O)O)N1N=C(c3ccc(Cl)cc3Cl)C[C@H]21. The van der Waals surface area contributed by atoms with E-state index >= 15 is 0 Å². The van der Waals surface area contributed by atoms with Gasteiger partial charge >= 0.3 is 5.97 Å². The summed E-state index contributed by atoms with van der Waals surface area (Å²) in [4.78, 5) is 12.4. The van der Waals surface area contributed by atoms with Crippen molar-refractivity contribution in [3.8, 4) is 23.0 Å². The maximum absolute atomic E-state index is 12.4. The monoisotopic (exact) mass is 528 g/mol. The quantitative estimate of drug-likeness (QED) is 0.422. The minimum absolute atomic E-state index is 0.0767. The predicted molar refractivity (Wildman–Crippen MR) is 135 cm³/mol. The number of halogens is 2. The fourth-order valence-corrected chi connectivity index (χ4v) is 5.22. The van der Waals surface area contributed by atoms with Gasteiger partial charge in [-0.15, -0.1) is 0 Å². The van der Waals surface area contributed by atoms with Crippen LogP contribution in [0.1, 0.15) is 45.7 Å². The molecule has 0 spiro atoms. The smallest absolute Gasteiger partial charge is 0.340 e. The lowest BCUT2D eigenvalue weighted by Gasteiger charge is -2.39. The Hall–Kier alpha value is -3.62. The highest BCUT2D eigenvalue weighted by Crippen LogP contribution is 2.52. The van der Waals surface area contributed by atoms with E-state index in [1.165, 1.54) is 14.2 Å². The van der Waals surface area contributed by atoms with Gasteiger partial charge in [0.2, 0.25) is 6.23 Å². The maximum Gasteiger partial charge on any atom is 0.340 e. The van der Waals surface area contributed by atoms with Crippen molar-refractivity contribution in [1.29, 1.82) is 0 Å². The number of nitrogens with zero attached hydrogens (tertiary/aromatic N) is 2. The number of benzene rings is 3. The zero-order chi connectivity index (χ0) is 25.6. The number of aromatic carboxylic acids is 1. The number of hydrogen-bond donors (Lipinski definition) is 1. The molecule has 0 fully saturated rings. The molecule has 0 radical (unpaired) electrons. The fraction of sp³-hybridized carbons (Fsp3) is 0.231. The fourth-order valence-electron chi connectivity index (χ4n) is 4.70. The minimum atomic E-state index is -1.18. The van der Waals surface area contributed by atoms with Gasteiger partial charge in [-0.2, -0.15) is 5.10 Å². The Labute approximate surface area is 217 Å². The third-order valence-corrected chi connectivity index (χ3v) is 6.85. The first-order valence-corrected chi connectivity index (χ1v) is 11.8. The van der Waals surface area contributed by atoms with Crippen LogP contribution >= 0.6 is 23.2 Å². The molecule has 0 bridgehead atoms. The van der Waals surface area contributed by atoms with Crippen LogP contribution in [0.5, 0.6) is 23.0 Å².